The van der Waals surface area contributed by atoms with Crippen LogP contribution in [0.5, 0.6) is 0 Å². The lowest BCUT2D eigenvalue weighted by molar-refractivity contribution is 0.266. The quantitative estimate of drug-likeness (QED) is 0.414. The number of imidazole rings is 1. The highest BCUT2D eigenvalue weighted by atomic mass is 127. The molecule has 1 aliphatic heterocycles. The first kappa shape index (κ1) is 20.7. The summed E-state index contributed by atoms with van der Waals surface area (Å²) < 4.78 is 2.08. The van der Waals surface area contributed by atoms with Gasteiger partial charge in [0.25, 0.3) is 0 Å². The molecule has 0 amide bonds. The number of likely N-dealkylation sites (tertiary alicyclic amines) is 1. The Morgan fingerprint density at radius 2 is 2.19 bits per heavy atom. The Balaban J connectivity index is 0.00000243. The van der Waals surface area contributed by atoms with E-state index in [1.165, 1.54) is 24.0 Å². The van der Waals surface area contributed by atoms with Gasteiger partial charge in [-0.3, -0.25) is 0 Å². The maximum absolute atomic E-state index is 4.89. The van der Waals surface area contributed by atoms with E-state index >= 15 is 0 Å². The van der Waals surface area contributed by atoms with Crippen LogP contribution < -0.4 is 5.32 Å². The monoisotopic (exact) mass is 467 g/mol. The molecule has 1 aromatic heterocycles. The van der Waals surface area contributed by atoms with Crippen LogP contribution in [-0.2, 0) is 13.1 Å². The molecular weight excluding hydrogens is 437 g/mol. The van der Waals surface area contributed by atoms with Crippen LogP contribution in [0.4, 0.5) is 0 Å². The Hall–Kier alpha value is -1.57. The highest BCUT2D eigenvalue weighted by Crippen LogP contribution is 2.16. The molecule has 3 rings (SSSR count). The molecule has 0 saturated carbocycles. The first-order valence-electron chi connectivity index (χ1n) is 9.31. The minimum atomic E-state index is 0. The van der Waals surface area contributed by atoms with E-state index in [-0.39, 0.29) is 24.0 Å². The van der Waals surface area contributed by atoms with Gasteiger partial charge in [0.2, 0.25) is 0 Å². The van der Waals surface area contributed by atoms with Crippen molar-refractivity contribution in [3.63, 3.8) is 0 Å². The van der Waals surface area contributed by atoms with Crippen LogP contribution in [0.2, 0.25) is 0 Å². The minimum Gasteiger partial charge on any atom is -0.357 e. The van der Waals surface area contributed by atoms with Gasteiger partial charge in [0.15, 0.2) is 5.96 Å². The molecule has 5 nitrogen and oxygen atoms in total. The number of halogens is 1. The Morgan fingerprint density at radius 3 is 2.92 bits per heavy atom. The van der Waals surface area contributed by atoms with Gasteiger partial charge >= 0.3 is 0 Å². The normalized spacial score (nSPS) is 17.7. The maximum Gasteiger partial charge on any atom is 0.194 e. The zero-order chi connectivity index (χ0) is 17.5. The molecule has 0 aliphatic carbocycles. The molecule has 1 fully saturated rings. The second kappa shape index (κ2) is 10.5. The van der Waals surface area contributed by atoms with Gasteiger partial charge in [0.1, 0.15) is 0 Å². The van der Waals surface area contributed by atoms with E-state index in [1.807, 2.05) is 18.7 Å². The second-order valence-electron chi connectivity index (χ2n) is 6.92. The van der Waals surface area contributed by atoms with E-state index in [2.05, 4.69) is 57.9 Å². The molecule has 1 aromatic carbocycles. The lowest BCUT2D eigenvalue weighted by Crippen LogP contribution is -2.46. The van der Waals surface area contributed by atoms with Crippen molar-refractivity contribution in [1.29, 1.82) is 0 Å². The summed E-state index contributed by atoms with van der Waals surface area (Å²) in [6, 6.07) is 8.67. The number of guanidine groups is 1. The summed E-state index contributed by atoms with van der Waals surface area (Å²) in [4.78, 5) is 11.4. The highest BCUT2D eigenvalue weighted by Gasteiger charge is 2.18. The topological polar surface area (TPSA) is 45.5 Å². The van der Waals surface area contributed by atoms with E-state index in [4.69, 9.17) is 4.99 Å². The Bertz CT molecular complexity index is 683. The number of aliphatic imine (C=N–C) groups is 1. The molecule has 142 valence electrons. The van der Waals surface area contributed by atoms with Gasteiger partial charge < -0.3 is 14.8 Å². The van der Waals surface area contributed by atoms with E-state index < -0.39 is 0 Å². The van der Waals surface area contributed by atoms with Gasteiger partial charge in [0.05, 0.1) is 12.9 Å². The van der Waals surface area contributed by atoms with Crippen LogP contribution in [0.1, 0.15) is 37.8 Å². The second-order valence-corrected chi connectivity index (χ2v) is 6.92. The predicted molar refractivity (Wildman–Crippen MR) is 118 cm³/mol. The van der Waals surface area contributed by atoms with Crippen LogP contribution in [-0.4, -0.2) is 40.0 Å². The van der Waals surface area contributed by atoms with Gasteiger partial charge in [0, 0.05) is 38.6 Å². The van der Waals surface area contributed by atoms with Crippen molar-refractivity contribution in [2.45, 2.75) is 39.8 Å². The van der Waals surface area contributed by atoms with Gasteiger partial charge in [-0.05, 0) is 36.8 Å². The van der Waals surface area contributed by atoms with Crippen molar-refractivity contribution in [3.8, 4) is 0 Å². The fourth-order valence-corrected chi connectivity index (χ4v) is 3.39. The SMILES string of the molecule is CCNC(=NCc1cccc(Cn2ccnc2)c1)N1CCCC(C)C1.I. The number of rotatable bonds is 5. The lowest BCUT2D eigenvalue weighted by Gasteiger charge is -2.33. The summed E-state index contributed by atoms with van der Waals surface area (Å²) in [5.41, 5.74) is 2.53. The Labute approximate surface area is 173 Å². The number of benzene rings is 1. The number of hydrogen-bond donors (Lipinski definition) is 1. The third kappa shape index (κ3) is 6.00. The lowest BCUT2D eigenvalue weighted by atomic mass is 10.0. The summed E-state index contributed by atoms with van der Waals surface area (Å²) in [5, 5.41) is 3.46. The molecular formula is C20H30IN5. The van der Waals surface area contributed by atoms with Crippen molar-refractivity contribution < 1.29 is 0 Å². The zero-order valence-corrected chi connectivity index (χ0v) is 18.1. The van der Waals surface area contributed by atoms with Gasteiger partial charge in [-0.1, -0.05) is 31.2 Å². The fraction of sp³-hybridized carbons (Fsp3) is 0.500. The van der Waals surface area contributed by atoms with Gasteiger partial charge in [-0.25, -0.2) is 9.98 Å². The highest BCUT2D eigenvalue weighted by molar-refractivity contribution is 14.0. The minimum absolute atomic E-state index is 0. The first-order valence-corrected chi connectivity index (χ1v) is 9.31. The van der Waals surface area contributed by atoms with Crippen LogP contribution in [0.25, 0.3) is 0 Å². The zero-order valence-electron chi connectivity index (χ0n) is 15.8. The molecule has 1 unspecified atom stereocenters. The molecule has 26 heavy (non-hydrogen) atoms. The molecule has 1 N–H and O–H groups in total. The molecule has 1 saturated heterocycles. The molecule has 2 heterocycles. The third-order valence-electron chi connectivity index (χ3n) is 4.62. The van der Waals surface area contributed by atoms with Crippen LogP contribution >= 0.6 is 24.0 Å². The van der Waals surface area contributed by atoms with E-state index in [1.54, 1.807) is 0 Å². The van der Waals surface area contributed by atoms with E-state index in [0.29, 0.717) is 6.54 Å². The largest absolute Gasteiger partial charge is 0.357 e. The molecule has 0 radical (unpaired) electrons. The third-order valence-corrected chi connectivity index (χ3v) is 4.62. The number of hydrogen-bond acceptors (Lipinski definition) is 2. The summed E-state index contributed by atoms with van der Waals surface area (Å²) in [6.07, 6.45) is 8.24. The number of nitrogens with one attached hydrogen (secondary N) is 1. The smallest absolute Gasteiger partial charge is 0.194 e. The Morgan fingerprint density at radius 1 is 1.35 bits per heavy atom. The summed E-state index contributed by atoms with van der Waals surface area (Å²) >= 11 is 0. The first-order chi connectivity index (χ1) is 12.2. The van der Waals surface area contributed by atoms with E-state index in [0.717, 1.165) is 38.1 Å². The van der Waals surface area contributed by atoms with Crippen LogP contribution in [0, 0.1) is 5.92 Å². The fourth-order valence-electron chi connectivity index (χ4n) is 3.39. The van der Waals surface area contributed by atoms with Crippen LogP contribution in [0.3, 0.4) is 0 Å². The maximum atomic E-state index is 4.89. The van der Waals surface area contributed by atoms with Gasteiger partial charge in [-0.15, -0.1) is 24.0 Å². The van der Waals surface area contributed by atoms with Crippen molar-refractivity contribution in [1.82, 2.24) is 19.8 Å². The average molecular weight is 467 g/mol. The molecule has 1 atom stereocenters. The van der Waals surface area contributed by atoms with Gasteiger partial charge in [-0.2, -0.15) is 0 Å². The molecule has 1 aliphatic rings. The summed E-state index contributed by atoms with van der Waals surface area (Å²) in [7, 11) is 0. The Kier molecular flexibility index (Phi) is 8.41. The summed E-state index contributed by atoms with van der Waals surface area (Å²) in [5.74, 6) is 1.80. The number of nitrogens with zero attached hydrogens (tertiary/aromatic N) is 4. The number of piperidine rings is 1. The molecule has 6 heteroatoms. The molecule has 0 spiro atoms. The molecule has 0 bridgehead atoms. The number of aromatic nitrogens is 2. The van der Waals surface area contributed by atoms with Crippen LogP contribution in [0.15, 0.2) is 48.0 Å². The standard InChI is InChI=1S/C20H29N5.HI/c1-3-22-20(25-10-5-6-17(2)14-25)23-13-18-7-4-8-19(12-18)15-24-11-9-21-16-24;/h4,7-9,11-12,16-17H,3,5-6,10,13-15H2,1-2H3,(H,22,23);1H. The van der Waals surface area contributed by atoms with E-state index in [9.17, 15) is 0 Å². The average Bonchev–Trinajstić information content (AvgIpc) is 3.12. The van der Waals surface area contributed by atoms with Crippen molar-refractivity contribution in [2.24, 2.45) is 10.9 Å². The van der Waals surface area contributed by atoms with Crippen molar-refractivity contribution >= 4 is 29.9 Å². The van der Waals surface area contributed by atoms with Crippen molar-refractivity contribution in [3.05, 3.63) is 54.1 Å². The predicted octanol–water partition coefficient (Wildman–Crippen LogP) is 3.75. The molecule has 2 aromatic rings. The van der Waals surface area contributed by atoms with Crippen molar-refractivity contribution in [2.75, 3.05) is 19.6 Å². The summed E-state index contributed by atoms with van der Waals surface area (Å²) in [6.45, 7) is 9.14.